The van der Waals surface area contributed by atoms with Gasteiger partial charge in [-0.05, 0) is 32.3 Å². The lowest BCUT2D eigenvalue weighted by Gasteiger charge is -2.09. The summed E-state index contributed by atoms with van der Waals surface area (Å²) in [5.74, 6) is 0.999. The van der Waals surface area contributed by atoms with Crippen molar-refractivity contribution in [3.05, 3.63) is 28.8 Å². The van der Waals surface area contributed by atoms with Gasteiger partial charge in [0.05, 0.1) is 16.7 Å². The molecule has 1 rings (SSSR count). The van der Waals surface area contributed by atoms with E-state index in [0.717, 1.165) is 17.2 Å². The molecular formula is C11H13ClN2S. The maximum Gasteiger partial charge on any atom is 0.0992 e. The summed E-state index contributed by atoms with van der Waals surface area (Å²) in [4.78, 5) is 3.17. The zero-order chi connectivity index (χ0) is 11.3. The second-order valence-corrected chi connectivity index (χ2v) is 4.95. The fraction of sp³-hybridized carbons (Fsp3) is 0.364. The van der Waals surface area contributed by atoms with Gasteiger partial charge in [0, 0.05) is 17.2 Å². The Morgan fingerprint density at radius 1 is 1.47 bits per heavy atom. The predicted molar refractivity (Wildman–Crippen MR) is 65.4 cm³/mol. The lowest BCUT2D eigenvalue weighted by atomic mass is 10.2. The van der Waals surface area contributed by atoms with E-state index in [2.05, 4.69) is 11.0 Å². The maximum absolute atomic E-state index is 8.68. The van der Waals surface area contributed by atoms with Gasteiger partial charge >= 0.3 is 0 Å². The van der Waals surface area contributed by atoms with Gasteiger partial charge in [0.25, 0.3) is 0 Å². The average molecular weight is 241 g/mol. The quantitative estimate of drug-likeness (QED) is 0.758. The Labute approximate surface area is 99.8 Å². The molecule has 4 heteroatoms. The van der Waals surface area contributed by atoms with Crippen LogP contribution in [0.3, 0.4) is 0 Å². The van der Waals surface area contributed by atoms with Crippen molar-refractivity contribution in [2.75, 3.05) is 26.4 Å². The minimum atomic E-state index is 0.608. The van der Waals surface area contributed by atoms with Crippen molar-refractivity contribution in [2.24, 2.45) is 0 Å². The minimum absolute atomic E-state index is 0.608. The fourth-order valence-electron chi connectivity index (χ4n) is 1.03. The van der Waals surface area contributed by atoms with Crippen LogP contribution in [-0.2, 0) is 0 Å². The Morgan fingerprint density at radius 2 is 2.20 bits per heavy atom. The summed E-state index contributed by atoms with van der Waals surface area (Å²) < 4.78 is 0. The number of thioether (sulfide) groups is 1. The summed E-state index contributed by atoms with van der Waals surface area (Å²) in [7, 11) is 4.09. The van der Waals surface area contributed by atoms with Crippen molar-refractivity contribution in [1.29, 1.82) is 5.26 Å². The molecule has 0 heterocycles. The van der Waals surface area contributed by atoms with Gasteiger partial charge in [-0.25, -0.2) is 0 Å². The smallest absolute Gasteiger partial charge is 0.0992 e. The van der Waals surface area contributed by atoms with Crippen LogP contribution in [0.2, 0.25) is 5.02 Å². The highest BCUT2D eigenvalue weighted by Crippen LogP contribution is 2.27. The molecule has 0 atom stereocenters. The van der Waals surface area contributed by atoms with Crippen molar-refractivity contribution < 1.29 is 0 Å². The molecule has 1 aromatic rings. The first-order valence-corrected chi connectivity index (χ1v) is 5.97. The first kappa shape index (κ1) is 12.4. The molecule has 80 valence electrons. The molecule has 1 aromatic carbocycles. The summed E-state index contributed by atoms with van der Waals surface area (Å²) in [6, 6.07) is 7.47. The Bertz CT molecular complexity index is 371. The Morgan fingerprint density at radius 3 is 2.73 bits per heavy atom. The highest BCUT2D eigenvalue weighted by atomic mass is 35.5. The van der Waals surface area contributed by atoms with Crippen molar-refractivity contribution in [3.63, 3.8) is 0 Å². The van der Waals surface area contributed by atoms with Gasteiger partial charge in [-0.1, -0.05) is 11.6 Å². The van der Waals surface area contributed by atoms with Crippen molar-refractivity contribution in [3.8, 4) is 6.07 Å². The molecule has 0 unspecified atom stereocenters. The summed E-state index contributed by atoms with van der Waals surface area (Å²) >= 11 is 7.75. The van der Waals surface area contributed by atoms with E-state index in [-0.39, 0.29) is 0 Å². The molecule has 0 aliphatic rings. The van der Waals surface area contributed by atoms with Crippen LogP contribution < -0.4 is 0 Å². The first-order chi connectivity index (χ1) is 7.13. The molecule has 0 aliphatic carbocycles. The third kappa shape index (κ3) is 4.13. The van der Waals surface area contributed by atoms with E-state index >= 15 is 0 Å². The van der Waals surface area contributed by atoms with E-state index in [9.17, 15) is 0 Å². The molecule has 0 saturated heterocycles. The van der Waals surface area contributed by atoms with E-state index in [0.29, 0.717) is 10.6 Å². The van der Waals surface area contributed by atoms with Gasteiger partial charge in [-0.3, -0.25) is 0 Å². The van der Waals surface area contributed by atoms with Crippen LogP contribution in [0.4, 0.5) is 0 Å². The van der Waals surface area contributed by atoms with Crippen LogP contribution in [0, 0.1) is 11.3 Å². The lowest BCUT2D eigenvalue weighted by molar-refractivity contribution is 0.437. The van der Waals surface area contributed by atoms with Crippen LogP contribution in [0.1, 0.15) is 5.56 Å². The Balaban J connectivity index is 2.59. The van der Waals surface area contributed by atoms with Gasteiger partial charge in [-0.15, -0.1) is 11.8 Å². The van der Waals surface area contributed by atoms with Gasteiger partial charge < -0.3 is 4.90 Å². The van der Waals surface area contributed by atoms with Crippen LogP contribution in [0.25, 0.3) is 0 Å². The van der Waals surface area contributed by atoms with Crippen molar-refractivity contribution in [2.45, 2.75) is 4.90 Å². The molecule has 0 fully saturated rings. The van der Waals surface area contributed by atoms with E-state index < -0.39 is 0 Å². The summed E-state index contributed by atoms with van der Waals surface area (Å²) in [6.45, 7) is 1.01. The fourth-order valence-corrected chi connectivity index (χ4v) is 2.41. The molecule has 0 saturated carbocycles. The van der Waals surface area contributed by atoms with Crippen LogP contribution in [0.5, 0.6) is 0 Å². The van der Waals surface area contributed by atoms with E-state index in [1.54, 1.807) is 23.9 Å². The Kier molecular flexibility index (Phi) is 4.97. The van der Waals surface area contributed by atoms with Gasteiger partial charge in [-0.2, -0.15) is 5.26 Å². The zero-order valence-electron chi connectivity index (χ0n) is 8.83. The third-order valence-corrected chi connectivity index (χ3v) is 3.34. The number of hydrogen-bond acceptors (Lipinski definition) is 3. The maximum atomic E-state index is 8.68. The summed E-state index contributed by atoms with van der Waals surface area (Å²) in [5, 5.41) is 9.34. The molecule has 15 heavy (non-hydrogen) atoms. The topological polar surface area (TPSA) is 27.0 Å². The van der Waals surface area contributed by atoms with Gasteiger partial charge in [0.2, 0.25) is 0 Å². The molecule has 0 N–H and O–H groups in total. The van der Waals surface area contributed by atoms with E-state index in [1.165, 1.54) is 0 Å². The Hall–Kier alpha value is -0.690. The predicted octanol–water partition coefficient (Wildman–Crippen LogP) is 2.87. The standard InChI is InChI=1S/C11H13ClN2S/c1-14(2)5-6-15-11-4-3-9(8-13)7-10(11)12/h3-4,7H,5-6H2,1-2H3. The number of rotatable bonds is 4. The van der Waals surface area contributed by atoms with Crippen LogP contribution in [0.15, 0.2) is 23.1 Å². The molecule has 0 aliphatic heterocycles. The number of hydrogen-bond donors (Lipinski definition) is 0. The van der Waals surface area contributed by atoms with Crippen molar-refractivity contribution >= 4 is 23.4 Å². The van der Waals surface area contributed by atoms with Gasteiger partial charge in [0.15, 0.2) is 0 Å². The lowest BCUT2D eigenvalue weighted by Crippen LogP contribution is -2.14. The molecule has 0 radical (unpaired) electrons. The first-order valence-electron chi connectivity index (χ1n) is 4.60. The van der Waals surface area contributed by atoms with Crippen molar-refractivity contribution in [1.82, 2.24) is 4.90 Å². The summed E-state index contributed by atoms with van der Waals surface area (Å²) in [5.41, 5.74) is 0.608. The molecule has 2 nitrogen and oxygen atoms in total. The highest BCUT2D eigenvalue weighted by molar-refractivity contribution is 7.99. The second kappa shape index (κ2) is 6.02. The SMILES string of the molecule is CN(C)CCSc1ccc(C#N)cc1Cl. The van der Waals surface area contributed by atoms with Crippen LogP contribution in [-0.4, -0.2) is 31.3 Å². The van der Waals surface area contributed by atoms with Gasteiger partial charge in [0.1, 0.15) is 0 Å². The number of nitriles is 1. The van der Waals surface area contributed by atoms with Crippen LogP contribution >= 0.6 is 23.4 Å². The van der Waals surface area contributed by atoms with E-state index in [1.807, 2.05) is 20.2 Å². The molecule has 0 spiro atoms. The molecular weight excluding hydrogens is 228 g/mol. The molecule has 0 aromatic heterocycles. The normalized spacial score (nSPS) is 10.3. The average Bonchev–Trinajstić information content (AvgIpc) is 2.20. The minimum Gasteiger partial charge on any atom is -0.309 e. The number of benzene rings is 1. The second-order valence-electron chi connectivity index (χ2n) is 3.41. The van der Waals surface area contributed by atoms with E-state index in [4.69, 9.17) is 16.9 Å². The summed E-state index contributed by atoms with van der Waals surface area (Å²) in [6.07, 6.45) is 0. The monoisotopic (exact) mass is 240 g/mol. The third-order valence-electron chi connectivity index (χ3n) is 1.86. The molecule has 0 amide bonds. The molecule has 0 bridgehead atoms. The highest BCUT2D eigenvalue weighted by Gasteiger charge is 2.02. The zero-order valence-corrected chi connectivity index (χ0v) is 10.4. The number of halogens is 1. The number of nitrogens with zero attached hydrogens (tertiary/aromatic N) is 2. The largest absolute Gasteiger partial charge is 0.309 e.